The van der Waals surface area contributed by atoms with E-state index >= 15 is 0 Å². The molecular formula is C21H25ClN2O4. The summed E-state index contributed by atoms with van der Waals surface area (Å²) < 4.78 is 10.5. The Morgan fingerprint density at radius 2 is 2.07 bits per heavy atom. The van der Waals surface area contributed by atoms with Crippen molar-refractivity contribution in [2.75, 3.05) is 39.2 Å². The molecule has 0 aromatic heterocycles. The molecular weight excluding hydrogens is 380 g/mol. The van der Waals surface area contributed by atoms with E-state index in [0.29, 0.717) is 23.0 Å². The Balaban J connectivity index is 1.58. The highest BCUT2D eigenvalue weighted by atomic mass is 35.5. The Morgan fingerprint density at radius 3 is 2.79 bits per heavy atom. The molecule has 2 aromatic rings. The van der Waals surface area contributed by atoms with Gasteiger partial charge in [-0.15, -0.1) is 0 Å². The second kappa shape index (κ2) is 9.28. The zero-order valence-corrected chi connectivity index (χ0v) is 16.8. The van der Waals surface area contributed by atoms with Gasteiger partial charge in [0.05, 0.1) is 32.6 Å². The summed E-state index contributed by atoms with van der Waals surface area (Å²) in [6.45, 7) is 1.35. The average Bonchev–Trinajstić information content (AvgIpc) is 2.68. The van der Waals surface area contributed by atoms with E-state index in [9.17, 15) is 9.90 Å². The fourth-order valence-corrected chi connectivity index (χ4v) is 3.74. The van der Waals surface area contributed by atoms with Gasteiger partial charge in [-0.2, -0.15) is 0 Å². The van der Waals surface area contributed by atoms with Crippen molar-refractivity contribution < 1.29 is 19.4 Å². The number of β-amino-alcohol motifs (C(OH)–C–C–N with tert-alkyl or cyclic N) is 1. The smallest absolute Gasteiger partial charge is 0.238 e. The van der Waals surface area contributed by atoms with Gasteiger partial charge in [0.2, 0.25) is 5.91 Å². The van der Waals surface area contributed by atoms with Gasteiger partial charge in [-0.05, 0) is 48.9 Å². The summed E-state index contributed by atoms with van der Waals surface area (Å²) in [5.41, 5.74) is 1.59. The van der Waals surface area contributed by atoms with Crippen LogP contribution < -0.4 is 14.8 Å². The molecule has 0 aliphatic carbocycles. The van der Waals surface area contributed by atoms with Crippen molar-refractivity contribution >= 4 is 23.2 Å². The number of nitrogens with one attached hydrogen (secondary N) is 1. The Labute approximate surface area is 170 Å². The van der Waals surface area contributed by atoms with Crippen molar-refractivity contribution in [3.05, 3.63) is 53.1 Å². The average molecular weight is 405 g/mol. The van der Waals surface area contributed by atoms with E-state index in [0.717, 1.165) is 24.3 Å². The number of anilines is 1. The van der Waals surface area contributed by atoms with Gasteiger partial charge in [0.25, 0.3) is 0 Å². The first-order valence-corrected chi connectivity index (χ1v) is 9.55. The van der Waals surface area contributed by atoms with Gasteiger partial charge in [0, 0.05) is 17.5 Å². The van der Waals surface area contributed by atoms with Crippen LogP contribution in [0, 0.1) is 0 Å². The standard InChI is InChI=1S/C21H25ClN2O4/c1-27-16-5-3-4-14(10-16)17-8-9-24(12-19(17)25)13-21(26)23-18-11-15(22)6-7-20(18)28-2/h3-7,10-11,17,19,25H,8-9,12-13H2,1-2H3,(H,23,26)/t17-,19-/m1/s1. The second-order valence-corrected chi connectivity index (χ2v) is 7.30. The number of halogens is 1. The fraction of sp³-hybridized carbons (Fsp3) is 0.381. The van der Waals surface area contributed by atoms with Crippen molar-refractivity contribution in [1.82, 2.24) is 4.90 Å². The molecule has 1 heterocycles. The number of ether oxygens (including phenoxy) is 2. The summed E-state index contributed by atoms with van der Waals surface area (Å²) in [5.74, 6) is 1.19. The highest BCUT2D eigenvalue weighted by Crippen LogP contribution is 2.31. The maximum Gasteiger partial charge on any atom is 0.238 e. The van der Waals surface area contributed by atoms with E-state index in [4.69, 9.17) is 21.1 Å². The maximum absolute atomic E-state index is 12.5. The number of hydrogen-bond acceptors (Lipinski definition) is 5. The first-order valence-electron chi connectivity index (χ1n) is 9.18. The first-order chi connectivity index (χ1) is 13.5. The lowest BCUT2D eigenvalue weighted by Crippen LogP contribution is -2.45. The number of methoxy groups -OCH3 is 2. The third-order valence-electron chi connectivity index (χ3n) is 4.99. The van der Waals surface area contributed by atoms with E-state index in [-0.39, 0.29) is 18.4 Å². The van der Waals surface area contributed by atoms with Crippen molar-refractivity contribution in [2.24, 2.45) is 0 Å². The number of likely N-dealkylation sites (tertiary alicyclic amines) is 1. The van der Waals surface area contributed by atoms with Crippen LogP contribution in [0.5, 0.6) is 11.5 Å². The second-order valence-electron chi connectivity index (χ2n) is 6.87. The van der Waals surface area contributed by atoms with Crippen LogP contribution in [0.2, 0.25) is 5.02 Å². The minimum Gasteiger partial charge on any atom is -0.497 e. The van der Waals surface area contributed by atoms with E-state index < -0.39 is 6.10 Å². The van der Waals surface area contributed by atoms with Crippen LogP contribution in [-0.4, -0.2) is 55.9 Å². The third kappa shape index (κ3) is 4.95. The Morgan fingerprint density at radius 1 is 1.25 bits per heavy atom. The van der Waals surface area contributed by atoms with E-state index in [1.54, 1.807) is 32.4 Å². The van der Waals surface area contributed by atoms with E-state index in [1.165, 1.54) is 0 Å². The highest BCUT2D eigenvalue weighted by Gasteiger charge is 2.30. The largest absolute Gasteiger partial charge is 0.497 e. The molecule has 0 unspecified atom stereocenters. The number of nitrogens with zero attached hydrogens (tertiary/aromatic N) is 1. The lowest BCUT2D eigenvalue weighted by Gasteiger charge is -2.35. The molecule has 0 radical (unpaired) electrons. The minimum absolute atomic E-state index is 0.0300. The van der Waals surface area contributed by atoms with Crippen LogP contribution in [0.15, 0.2) is 42.5 Å². The van der Waals surface area contributed by atoms with Crippen LogP contribution in [0.3, 0.4) is 0 Å². The van der Waals surface area contributed by atoms with Crippen LogP contribution in [0.25, 0.3) is 0 Å². The number of piperidine rings is 1. The van der Waals surface area contributed by atoms with Gasteiger partial charge in [0.15, 0.2) is 0 Å². The maximum atomic E-state index is 12.5. The summed E-state index contributed by atoms with van der Waals surface area (Å²) in [6.07, 6.45) is 0.219. The normalized spacial score (nSPS) is 19.9. The molecule has 150 valence electrons. The molecule has 0 saturated carbocycles. The molecule has 0 bridgehead atoms. The van der Waals surface area contributed by atoms with Crippen molar-refractivity contribution in [3.8, 4) is 11.5 Å². The van der Waals surface area contributed by atoms with Gasteiger partial charge >= 0.3 is 0 Å². The summed E-state index contributed by atoms with van der Waals surface area (Å²) in [6, 6.07) is 12.9. The van der Waals surface area contributed by atoms with Gasteiger partial charge in [-0.1, -0.05) is 23.7 Å². The molecule has 6 nitrogen and oxygen atoms in total. The summed E-state index contributed by atoms with van der Waals surface area (Å²) in [5, 5.41) is 14.0. The number of aliphatic hydroxyl groups excluding tert-OH is 1. The molecule has 2 N–H and O–H groups in total. The van der Waals surface area contributed by atoms with Gasteiger partial charge in [-0.3, -0.25) is 9.69 Å². The Bertz CT molecular complexity index is 830. The van der Waals surface area contributed by atoms with Crippen molar-refractivity contribution in [1.29, 1.82) is 0 Å². The molecule has 1 aliphatic rings. The molecule has 28 heavy (non-hydrogen) atoms. The molecule has 3 rings (SSSR count). The fourth-order valence-electron chi connectivity index (χ4n) is 3.57. The van der Waals surface area contributed by atoms with Crippen LogP contribution in [-0.2, 0) is 4.79 Å². The minimum atomic E-state index is -0.547. The van der Waals surface area contributed by atoms with Gasteiger partial charge in [0.1, 0.15) is 11.5 Å². The van der Waals surface area contributed by atoms with Gasteiger partial charge < -0.3 is 19.9 Å². The number of hydrogen-bond donors (Lipinski definition) is 2. The van der Waals surface area contributed by atoms with Crippen LogP contribution >= 0.6 is 11.6 Å². The summed E-state index contributed by atoms with van der Waals surface area (Å²) >= 11 is 6.00. The topological polar surface area (TPSA) is 71.0 Å². The lowest BCUT2D eigenvalue weighted by atomic mass is 9.87. The zero-order valence-electron chi connectivity index (χ0n) is 16.0. The Hall–Kier alpha value is -2.28. The number of amides is 1. The monoisotopic (exact) mass is 404 g/mol. The van der Waals surface area contributed by atoms with Crippen molar-refractivity contribution in [3.63, 3.8) is 0 Å². The predicted molar refractivity (Wildman–Crippen MR) is 109 cm³/mol. The molecule has 1 aliphatic heterocycles. The number of benzene rings is 2. The molecule has 1 fully saturated rings. The van der Waals surface area contributed by atoms with Crippen LogP contribution in [0.1, 0.15) is 17.9 Å². The SMILES string of the molecule is COc1cccc([C@H]2CCN(CC(=O)Nc3cc(Cl)ccc3OC)C[C@H]2O)c1. The number of carbonyl (C=O) groups excluding carboxylic acids is 1. The lowest BCUT2D eigenvalue weighted by molar-refractivity contribution is -0.118. The van der Waals surface area contributed by atoms with Crippen LogP contribution in [0.4, 0.5) is 5.69 Å². The Kier molecular flexibility index (Phi) is 6.78. The molecule has 1 amide bonds. The molecule has 0 spiro atoms. The highest BCUT2D eigenvalue weighted by molar-refractivity contribution is 6.31. The number of aliphatic hydroxyl groups is 1. The van der Waals surface area contributed by atoms with Gasteiger partial charge in [-0.25, -0.2) is 0 Å². The third-order valence-corrected chi connectivity index (χ3v) is 5.23. The quantitative estimate of drug-likeness (QED) is 0.773. The van der Waals surface area contributed by atoms with E-state index in [2.05, 4.69) is 5.32 Å². The predicted octanol–water partition coefficient (Wildman–Crippen LogP) is 3.15. The first kappa shape index (κ1) is 20.5. The molecule has 2 atom stereocenters. The summed E-state index contributed by atoms with van der Waals surface area (Å²) in [4.78, 5) is 14.4. The summed E-state index contributed by atoms with van der Waals surface area (Å²) in [7, 11) is 3.17. The zero-order chi connectivity index (χ0) is 20.1. The molecule has 1 saturated heterocycles. The number of carbonyl (C=O) groups is 1. The molecule has 2 aromatic carbocycles. The number of rotatable bonds is 6. The molecule has 7 heteroatoms. The van der Waals surface area contributed by atoms with Crippen molar-refractivity contribution in [2.45, 2.75) is 18.4 Å². The van der Waals surface area contributed by atoms with E-state index in [1.807, 2.05) is 29.2 Å².